The van der Waals surface area contributed by atoms with E-state index in [0.29, 0.717) is 17.5 Å². The topological polar surface area (TPSA) is 43.6 Å². The predicted molar refractivity (Wildman–Crippen MR) is 277 cm³/mol. The summed E-state index contributed by atoms with van der Waals surface area (Å²) in [6, 6.07) is 74.5. The quantitative estimate of drug-likeness (QED) is 0.173. The molecule has 0 bridgehead atoms. The molecule has 65 heavy (non-hydrogen) atoms. The van der Waals surface area contributed by atoms with Crippen LogP contribution in [0.4, 0.5) is 0 Å². The van der Waals surface area contributed by atoms with Gasteiger partial charge in [0.2, 0.25) is 0 Å². The first kappa shape index (κ1) is 36.5. The Morgan fingerprint density at radius 2 is 0.877 bits per heavy atom. The van der Waals surface area contributed by atoms with Gasteiger partial charge in [0.25, 0.3) is 0 Å². The molecular formula is C59H34N4S2. The number of nitrogens with zero attached hydrogens (tertiary/aromatic N) is 4. The molecule has 0 amide bonds. The van der Waals surface area contributed by atoms with E-state index >= 15 is 0 Å². The van der Waals surface area contributed by atoms with Crippen molar-refractivity contribution in [3.8, 4) is 51.0 Å². The zero-order chi connectivity index (χ0) is 42.6. The van der Waals surface area contributed by atoms with E-state index in [9.17, 15) is 0 Å². The third kappa shape index (κ3) is 5.71. The number of para-hydroxylation sites is 1. The Morgan fingerprint density at radius 3 is 1.66 bits per heavy atom. The molecule has 302 valence electrons. The first-order valence-corrected chi connectivity index (χ1v) is 23.5. The van der Waals surface area contributed by atoms with Gasteiger partial charge in [-0.3, -0.25) is 0 Å². The maximum atomic E-state index is 5.50. The zero-order valence-electron chi connectivity index (χ0n) is 34.7. The lowest BCUT2D eigenvalue weighted by atomic mass is 9.93. The summed E-state index contributed by atoms with van der Waals surface area (Å²) in [6.45, 7) is 0. The fourth-order valence-corrected chi connectivity index (χ4v) is 12.3. The molecule has 6 heteroatoms. The molecule has 0 saturated heterocycles. The van der Waals surface area contributed by atoms with Crippen molar-refractivity contribution in [1.82, 2.24) is 19.5 Å². The lowest BCUT2D eigenvalue weighted by molar-refractivity contribution is 1.08. The Morgan fingerprint density at radius 1 is 0.308 bits per heavy atom. The summed E-state index contributed by atoms with van der Waals surface area (Å²) in [4.78, 5) is 16.2. The highest BCUT2D eigenvalue weighted by Gasteiger charge is 2.23. The number of aromatic nitrogens is 4. The fourth-order valence-electron chi connectivity index (χ4n) is 10.1. The molecule has 0 unspecified atom stereocenters. The minimum absolute atomic E-state index is 0.627. The molecule has 0 saturated carbocycles. The highest BCUT2D eigenvalue weighted by atomic mass is 32.1. The molecule has 0 N–H and O–H groups in total. The van der Waals surface area contributed by atoms with Gasteiger partial charge < -0.3 is 4.57 Å². The van der Waals surface area contributed by atoms with Crippen LogP contribution in [-0.4, -0.2) is 19.5 Å². The molecule has 0 spiro atoms. The average Bonchev–Trinajstić information content (AvgIpc) is 4.04. The fraction of sp³-hybridized carbons (Fsp3) is 0. The number of hydrogen-bond donors (Lipinski definition) is 0. The summed E-state index contributed by atoms with van der Waals surface area (Å²) in [5.74, 6) is 1.91. The van der Waals surface area contributed by atoms with Crippen LogP contribution in [0, 0.1) is 0 Å². The second-order valence-electron chi connectivity index (χ2n) is 16.7. The second-order valence-corrected chi connectivity index (χ2v) is 18.9. The van der Waals surface area contributed by atoms with Gasteiger partial charge in [-0.2, -0.15) is 0 Å². The highest BCUT2D eigenvalue weighted by molar-refractivity contribution is 7.26. The molecule has 0 aliphatic carbocycles. The first-order valence-electron chi connectivity index (χ1n) is 21.8. The Labute approximate surface area is 381 Å². The van der Waals surface area contributed by atoms with Gasteiger partial charge in [0.1, 0.15) is 0 Å². The van der Waals surface area contributed by atoms with Crippen molar-refractivity contribution in [2.45, 2.75) is 0 Å². The molecule has 4 aromatic heterocycles. The lowest BCUT2D eigenvalue weighted by Gasteiger charge is -2.16. The van der Waals surface area contributed by atoms with Crippen LogP contribution in [0.15, 0.2) is 206 Å². The van der Waals surface area contributed by atoms with E-state index in [2.05, 4.69) is 193 Å². The second kappa shape index (κ2) is 14.2. The molecular weight excluding hydrogens is 829 g/mol. The van der Waals surface area contributed by atoms with Crippen LogP contribution in [0.3, 0.4) is 0 Å². The Hall–Kier alpha value is -8.03. The normalized spacial score (nSPS) is 12.0. The third-order valence-electron chi connectivity index (χ3n) is 13.0. The van der Waals surface area contributed by atoms with Gasteiger partial charge in [-0.25, -0.2) is 15.0 Å². The number of benzene rings is 10. The summed E-state index contributed by atoms with van der Waals surface area (Å²) < 4.78 is 7.39. The van der Waals surface area contributed by atoms with Crippen molar-refractivity contribution in [3.63, 3.8) is 0 Å². The van der Waals surface area contributed by atoms with E-state index in [1.807, 2.05) is 29.5 Å². The Balaban J connectivity index is 1.09. The molecule has 0 aliphatic rings. The van der Waals surface area contributed by atoms with Gasteiger partial charge in [-0.15, -0.1) is 22.7 Å². The third-order valence-corrected chi connectivity index (χ3v) is 15.3. The van der Waals surface area contributed by atoms with Crippen LogP contribution in [0.2, 0.25) is 0 Å². The van der Waals surface area contributed by atoms with Crippen molar-refractivity contribution in [2.75, 3.05) is 0 Å². The molecule has 14 aromatic rings. The van der Waals surface area contributed by atoms with E-state index in [4.69, 9.17) is 15.0 Å². The van der Waals surface area contributed by atoms with Gasteiger partial charge in [-0.1, -0.05) is 140 Å². The molecule has 4 nitrogen and oxygen atoms in total. The number of thiophene rings is 2. The van der Waals surface area contributed by atoms with Gasteiger partial charge >= 0.3 is 0 Å². The van der Waals surface area contributed by atoms with E-state index < -0.39 is 0 Å². The summed E-state index contributed by atoms with van der Waals surface area (Å²) >= 11 is 3.65. The minimum Gasteiger partial charge on any atom is -0.309 e. The van der Waals surface area contributed by atoms with E-state index in [-0.39, 0.29) is 0 Å². The molecule has 14 rings (SSSR count). The Bertz CT molecular complexity index is 4250. The number of rotatable bonds is 5. The van der Waals surface area contributed by atoms with E-state index in [0.717, 1.165) is 39.0 Å². The molecule has 4 heterocycles. The van der Waals surface area contributed by atoms with Crippen LogP contribution >= 0.6 is 22.7 Å². The molecule has 0 aliphatic heterocycles. The van der Waals surface area contributed by atoms with Crippen molar-refractivity contribution < 1.29 is 0 Å². The van der Waals surface area contributed by atoms with Crippen molar-refractivity contribution >= 4 is 106 Å². The molecule has 0 radical (unpaired) electrons. The van der Waals surface area contributed by atoms with Gasteiger partial charge in [0.05, 0.1) is 11.0 Å². The average molecular weight is 863 g/mol. The van der Waals surface area contributed by atoms with Crippen molar-refractivity contribution in [1.29, 1.82) is 0 Å². The first-order chi connectivity index (χ1) is 32.2. The van der Waals surface area contributed by atoms with Crippen LogP contribution in [0.25, 0.3) is 135 Å². The number of fused-ring (bicyclic) bond motifs is 11. The molecule has 10 aromatic carbocycles. The van der Waals surface area contributed by atoms with Gasteiger partial charge in [0.15, 0.2) is 17.5 Å². The maximum absolute atomic E-state index is 5.50. The van der Waals surface area contributed by atoms with Crippen LogP contribution in [0.1, 0.15) is 0 Å². The summed E-state index contributed by atoms with van der Waals surface area (Å²) in [5, 5.41) is 12.2. The van der Waals surface area contributed by atoms with Gasteiger partial charge in [-0.05, 0) is 99.4 Å². The minimum atomic E-state index is 0.627. The monoisotopic (exact) mass is 862 g/mol. The SMILES string of the molecule is c1ccc(-c2nc(-c3ccc(-n4c5ccccc5c5cc6ccccc6cc54)cc3-c3cccc4sc5cc6ccccc6cc5c34)nc(-c3cccc4sc5ccccc5c34)n2)cc1. The van der Waals surface area contributed by atoms with E-state index in [1.54, 1.807) is 11.3 Å². The summed E-state index contributed by atoms with van der Waals surface area (Å²) in [6.07, 6.45) is 0. The largest absolute Gasteiger partial charge is 0.309 e. The highest BCUT2D eigenvalue weighted by Crippen LogP contribution is 2.46. The molecule has 0 atom stereocenters. The standard InChI is InChI=1S/C59H34N4S2/c1-2-14-35(15-3-1)57-60-58(62-59(61-57)45-23-13-27-53-56(45)44-21-9-11-25-51(44)64-53)43-29-28-40(63-49-24-10-8-20-41(49)47-30-36-16-4-6-18-38(36)32-50(47)63)34-46(43)42-22-12-26-52-55(42)48-31-37-17-5-7-19-39(37)33-54(48)65-52/h1-34H. The predicted octanol–water partition coefficient (Wildman–Crippen LogP) is 16.7. The van der Waals surface area contributed by atoms with Crippen LogP contribution < -0.4 is 0 Å². The van der Waals surface area contributed by atoms with Crippen molar-refractivity contribution in [3.05, 3.63) is 206 Å². The van der Waals surface area contributed by atoms with Crippen LogP contribution in [-0.2, 0) is 0 Å². The van der Waals surface area contributed by atoms with Gasteiger partial charge in [0, 0.05) is 73.5 Å². The summed E-state index contributed by atoms with van der Waals surface area (Å²) in [5.41, 5.74) is 8.47. The lowest BCUT2D eigenvalue weighted by Crippen LogP contribution is -2.02. The Kier molecular flexibility index (Phi) is 7.99. The smallest absolute Gasteiger partial charge is 0.164 e. The van der Waals surface area contributed by atoms with Crippen LogP contribution in [0.5, 0.6) is 0 Å². The maximum Gasteiger partial charge on any atom is 0.164 e. The van der Waals surface area contributed by atoms with E-state index in [1.165, 1.54) is 78.2 Å². The number of hydrogen-bond acceptors (Lipinski definition) is 5. The molecule has 0 fully saturated rings. The van der Waals surface area contributed by atoms with Crippen molar-refractivity contribution in [2.24, 2.45) is 0 Å². The zero-order valence-corrected chi connectivity index (χ0v) is 36.4. The summed E-state index contributed by atoms with van der Waals surface area (Å²) in [7, 11) is 0.